The van der Waals surface area contributed by atoms with Crippen molar-refractivity contribution in [3.63, 3.8) is 0 Å². The molecule has 50 heavy (non-hydrogen) atoms. The van der Waals surface area contributed by atoms with E-state index in [0.717, 1.165) is 27.8 Å². The van der Waals surface area contributed by atoms with Crippen molar-refractivity contribution in [2.45, 2.75) is 19.6 Å². The molecule has 0 unspecified atom stereocenters. The van der Waals surface area contributed by atoms with Gasteiger partial charge in [-0.25, -0.2) is 15.0 Å². The third kappa shape index (κ3) is 6.29. The lowest BCUT2D eigenvalue weighted by Gasteiger charge is -2.21. The quantitative estimate of drug-likeness (QED) is 0.160. The van der Waals surface area contributed by atoms with Crippen LogP contribution in [0.4, 0.5) is 0 Å². The number of benzene rings is 7. The summed E-state index contributed by atoms with van der Waals surface area (Å²) in [6.45, 7) is 7.27. The summed E-state index contributed by atoms with van der Waals surface area (Å²) < 4.78 is 0. The molecule has 0 saturated carbocycles. The molecule has 0 N–H and O–H groups in total. The first-order chi connectivity index (χ1) is 24.4. The Morgan fingerprint density at radius 3 is 1.28 bits per heavy atom. The van der Waals surface area contributed by atoms with E-state index in [4.69, 9.17) is 15.0 Å². The van der Waals surface area contributed by atoms with Gasteiger partial charge in [-0.15, -0.1) is 0 Å². The summed E-state index contributed by atoms with van der Waals surface area (Å²) in [5.41, 5.74) is 10.0. The fourth-order valence-electron chi connectivity index (χ4n) is 6.70. The van der Waals surface area contributed by atoms with Gasteiger partial charge >= 0.3 is 0 Å². The molecule has 0 fully saturated rings. The lowest BCUT2D eigenvalue weighted by atomic mass is 9.94. The molecular weight excluding hydrogens is 623 g/mol. The molecule has 0 atom stereocenters. The molecule has 7 aromatic carbocycles. The molecule has 240 valence electrons. The lowest BCUT2D eigenvalue weighted by Crippen LogP contribution is -2.38. The van der Waals surface area contributed by atoms with Gasteiger partial charge in [0.25, 0.3) is 0 Å². The summed E-state index contributed by atoms with van der Waals surface area (Å²) >= 11 is 0. The minimum absolute atomic E-state index is 0.651. The topological polar surface area (TPSA) is 38.7 Å². The third-order valence-electron chi connectivity index (χ3n) is 9.28. The highest BCUT2D eigenvalue weighted by Crippen LogP contribution is 2.34. The van der Waals surface area contributed by atoms with E-state index in [0.29, 0.717) is 17.5 Å². The maximum Gasteiger partial charge on any atom is 0.164 e. The molecule has 4 heteroatoms. The zero-order valence-electron chi connectivity index (χ0n) is 28.5. The highest BCUT2D eigenvalue weighted by Gasteiger charge is 2.20. The fraction of sp³-hybridized carbons (Fsp3) is 0.0652. The second-order valence-corrected chi connectivity index (χ2v) is 18.8. The Balaban J connectivity index is 1.12. The summed E-state index contributed by atoms with van der Waals surface area (Å²) in [4.78, 5) is 14.7. The van der Waals surface area contributed by atoms with Crippen molar-refractivity contribution in [1.29, 1.82) is 0 Å². The van der Waals surface area contributed by atoms with Crippen LogP contribution < -0.4 is 5.19 Å². The summed E-state index contributed by atoms with van der Waals surface area (Å²) in [5.74, 6) is 1.97. The SMILES string of the molecule is C[Si](C)(C)c1ccc(-c2cccc(-c3ccc(-c4cccc(-c5nc(-c6ccccc6)nc(-c6ccccc6)n5)c4)cc3)c2)c2ccccc12. The average Bonchev–Trinajstić information content (AvgIpc) is 3.18. The Bertz CT molecular complexity index is 2390. The Labute approximate surface area is 295 Å². The van der Waals surface area contributed by atoms with Gasteiger partial charge in [0.05, 0.1) is 8.07 Å². The highest BCUT2D eigenvalue weighted by atomic mass is 28.3. The smallest absolute Gasteiger partial charge is 0.164 e. The first-order valence-electron chi connectivity index (χ1n) is 17.1. The number of hydrogen-bond acceptors (Lipinski definition) is 3. The van der Waals surface area contributed by atoms with Crippen LogP contribution in [0.2, 0.25) is 19.6 Å². The lowest BCUT2D eigenvalue weighted by molar-refractivity contribution is 1.07. The van der Waals surface area contributed by atoms with Gasteiger partial charge < -0.3 is 0 Å². The first-order valence-corrected chi connectivity index (χ1v) is 20.6. The van der Waals surface area contributed by atoms with E-state index in [2.05, 4.69) is 129 Å². The third-order valence-corrected chi connectivity index (χ3v) is 11.3. The molecule has 1 heterocycles. The van der Waals surface area contributed by atoms with Crippen molar-refractivity contribution in [2.75, 3.05) is 0 Å². The van der Waals surface area contributed by atoms with E-state index < -0.39 is 8.07 Å². The summed E-state index contributed by atoms with van der Waals surface area (Å²) in [7, 11) is -1.48. The van der Waals surface area contributed by atoms with Gasteiger partial charge in [0.2, 0.25) is 0 Å². The number of rotatable bonds is 7. The minimum Gasteiger partial charge on any atom is -0.208 e. The molecule has 0 aliphatic heterocycles. The molecule has 0 spiro atoms. The van der Waals surface area contributed by atoms with Crippen LogP contribution in [0.3, 0.4) is 0 Å². The second-order valence-electron chi connectivity index (χ2n) is 13.7. The Morgan fingerprint density at radius 2 is 0.740 bits per heavy atom. The van der Waals surface area contributed by atoms with Crippen LogP contribution in [0.15, 0.2) is 170 Å². The number of nitrogens with zero attached hydrogens (tertiary/aromatic N) is 3. The van der Waals surface area contributed by atoms with Crippen LogP contribution in [0.5, 0.6) is 0 Å². The zero-order chi connectivity index (χ0) is 34.1. The van der Waals surface area contributed by atoms with Crippen molar-refractivity contribution in [3.8, 4) is 67.5 Å². The molecule has 0 aliphatic rings. The van der Waals surface area contributed by atoms with E-state index in [-0.39, 0.29) is 0 Å². The normalized spacial score (nSPS) is 11.5. The zero-order valence-corrected chi connectivity index (χ0v) is 29.5. The molecule has 8 aromatic rings. The van der Waals surface area contributed by atoms with Crippen molar-refractivity contribution in [3.05, 3.63) is 170 Å². The summed E-state index contributed by atoms with van der Waals surface area (Å²) in [5, 5.41) is 4.21. The Hall–Kier alpha value is -5.97. The van der Waals surface area contributed by atoms with Gasteiger partial charge in [0.15, 0.2) is 17.5 Å². The predicted octanol–water partition coefficient (Wildman–Crippen LogP) is 11.6. The number of hydrogen-bond donors (Lipinski definition) is 0. The van der Waals surface area contributed by atoms with Gasteiger partial charge in [0.1, 0.15) is 0 Å². The van der Waals surface area contributed by atoms with Crippen molar-refractivity contribution < 1.29 is 0 Å². The standard InChI is InChI=1S/C46H37N3Si/c1-50(2,3)43-29-28-40(41-22-10-11-23-42(41)43)38-20-12-18-36(30-38)32-24-26-33(27-25-32)37-19-13-21-39(31-37)46-48-44(34-14-6-4-7-15-34)47-45(49-46)35-16-8-5-9-17-35/h4-31H,1-3H3. The molecule has 3 nitrogen and oxygen atoms in total. The molecule has 0 saturated heterocycles. The maximum absolute atomic E-state index is 4.94. The maximum atomic E-state index is 4.94. The van der Waals surface area contributed by atoms with Crippen LogP contribution >= 0.6 is 0 Å². The van der Waals surface area contributed by atoms with Gasteiger partial charge in [0, 0.05) is 16.7 Å². The number of aromatic nitrogens is 3. The van der Waals surface area contributed by atoms with Gasteiger partial charge in [-0.3, -0.25) is 0 Å². The van der Waals surface area contributed by atoms with Crippen LogP contribution in [0.1, 0.15) is 0 Å². The molecule has 0 radical (unpaired) electrons. The van der Waals surface area contributed by atoms with Crippen LogP contribution in [-0.2, 0) is 0 Å². The molecule has 1 aromatic heterocycles. The summed E-state index contributed by atoms with van der Waals surface area (Å²) in [6.07, 6.45) is 0. The molecule has 8 rings (SSSR count). The van der Waals surface area contributed by atoms with Crippen LogP contribution in [0, 0.1) is 0 Å². The average molecular weight is 660 g/mol. The largest absolute Gasteiger partial charge is 0.208 e. The first kappa shape index (κ1) is 31.3. The van der Waals surface area contributed by atoms with E-state index >= 15 is 0 Å². The monoisotopic (exact) mass is 659 g/mol. The minimum atomic E-state index is -1.48. The summed E-state index contributed by atoms with van der Waals surface area (Å²) in [6, 6.07) is 60.0. The van der Waals surface area contributed by atoms with E-state index in [1.165, 1.54) is 38.2 Å². The Kier molecular flexibility index (Phi) is 8.23. The molecular formula is C46H37N3Si. The molecule has 0 amide bonds. The van der Waals surface area contributed by atoms with E-state index in [9.17, 15) is 0 Å². The van der Waals surface area contributed by atoms with Crippen LogP contribution in [-0.4, -0.2) is 23.0 Å². The molecule has 0 bridgehead atoms. The Morgan fingerprint density at radius 1 is 0.320 bits per heavy atom. The van der Waals surface area contributed by atoms with Gasteiger partial charge in [-0.05, 0) is 56.3 Å². The second kappa shape index (κ2) is 13.1. The highest BCUT2D eigenvalue weighted by molar-refractivity contribution is 6.90. The fourth-order valence-corrected chi connectivity index (χ4v) is 8.31. The van der Waals surface area contributed by atoms with Gasteiger partial charge in [-0.2, -0.15) is 0 Å². The van der Waals surface area contributed by atoms with E-state index in [1.807, 2.05) is 60.7 Å². The molecule has 0 aliphatic carbocycles. The van der Waals surface area contributed by atoms with Crippen molar-refractivity contribution in [2.24, 2.45) is 0 Å². The van der Waals surface area contributed by atoms with E-state index in [1.54, 1.807) is 0 Å². The van der Waals surface area contributed by atoms with Gasteiger partial charge in [-0.1, -0.05) is 183 Å². The van der Waals surface area contributed by atoms with Crippen molar-refractivity contribution >= 4 is 24.0 Å². The van der Waals surface area contributed by atoms with Crippen molar-refractivity contribution in [1.82, 2.24) is 15.0 Å². The number of fused-ring (bicyclic) bond motifs is 1. The van der Waals surface area contributed by atoms with Crippen LogP contribution in [0.25, 0.3) is 78.3 Å². The predicted molar refractivity (Wildman–Crippen MR) is 213 cm³/mol.